The lowest BCUT2D eigenvalue weighted by Crippen LogP contribution is -2.18. The molecule has 1 aliphatic rings. The summed E-state index contributed by atoms with van der Waals surface area (Å²) in [6.45, 7) is 0. The lowest BCUT2D eigenvalue weighted by Gasteiger charge is -2.18. The van der Waals surface area contributed by atoms with Crippen molar-refractivity contribution in [3.8, 4) is 5.75 Å². The standard InChI is InChI=1S/C20H14N2O2/c23-14-7-5-6-13(12-14)19-20(24)15-8-1-2-9-16(15)21-17-10-3-4-11-18(17)22-19/h1-12,21,23H. The number of phenolic OH excluding ortho intramolecular Hbond substituents is 1. The molecule has 0 saturated carbocycles. The van der Waals surface area contributed by atoms with Crippen LogP contribution in [0.15, 0.2) is 77.8 Å². The van der Waals surface area contributed by atoms with Gasteiger partial charge in [0.2, 0.25) is 5.78 Å². The van der Waals surface area contributed by atoms with Crippen LogP contribution in [0.2, 0.25) is 0 Å². The number of nitrogens with one attached hydrogen (secondary N) is 1. The summed E-state index contributed by atoms with van der Waals surface area (Å²) >= 11 is 0. The third-order valence-corrected chi connectivity index (χ3v) is 3.91. The van der Waals surface area contributed by atoms with Gasteiger partial charge in [0.25, 0.3) is 0 Å². The van der Waals surface area contributed by atoms with E-state index in [0.29, 0.717) is 22.5 Å². The molecule has 3 aromatic carbocycles. The molecule has 0 aromatic heterocycles. The Balaban J connectivity index is 1.99. The maximum absolute atomic E-state index is 13.1. The number of nitrogens with zero attached hydrogens (tertiary/aromatic N) is 1. The van der Waals surface area contributed by atoms with E-state index in [9.17, 15) is 9.90 Å². The predicted octanol–water partition coefficient (Wildman–Crippen LogP) is 4.45. The van der Waals surface area contributed by atoms with Gasteiger partial charge in [-0.15, -0.1) is 0 Å². The van der Waals surface area contributed by atoms with E-state index in [1.165, 1.54) is 0 Å². The van der Waals surface area contributed by atoms with E-state index in [2.05, 4.69) is 10.3 Å². The average molecular weight is 314 g/mol. The Hall–Kier alpha value is -3.40. The van der Waals surface area contributed by atoms with Gasteiger partial charge in [-0.05, 0) is 36.4 Å². The lowest BCUT2D eigenvalue weighted by molar-refractivity contribution is 0.106. The molecule has 24 heavy (non-hydrogen) atoms. The number of benzene rings is 3. The number of hydrogen-bond acceptors (Lipinski definition) is 4. The highest BCUT2D eigenvalue weighted by molar-refractivity contribution is 6.53. The molecule has 0 bridgehead atoms. The second kappa shape index (κ2) is 5.66. The van der Waals surface area contributed by atoms with Crippen molar-refractivity contribution in [2.45, 2.75) is 0 Å². The van der Waals surface area contributed by atoms with Crippen LogP contribution in [0.4, 0.5) is 17.1 Å². The number of Topliss-reactive ketones (excluding diaryl/α,β-unsaturated/α-hetero) is 1. The quantitative estimate of drug-likeness (QED) is 0.697. The van der Waals surface area contributed by atoms with Crippen LogP contribution in [0, 0.1) is 0 Å². The van der Waals surface area contributed by atoms with Crippen molar-refractivity contribution >= 4 is 28.6 Å². The van der Waals surface area contributed by atoms with Crippen molar-refractivity contribution < 1.29 is 9.90 Å². The summed E-state index contributed by atoms with van der Waals surface area (Å²) in [7, 11) is 0. The van der Waals surface area contributed by atoms with E-state index < -0.39 is 0 Å². The number of carbonyl (C=O) groups is 1. The van der Waals surface area contributed by atoms with E-state index in [4.69, 9.17) is 0 Å². The van der Waals surface area contributed by atoms with Crippen LogP contribution in [-0.2, 0) is 0 Å². The molecule has 0 unspecified atom stereocenters. The predicted molar refractivity (Wildman–Crippen MR) is 94.8 cm³/mol. The molecule has 4 rings (SSSR count). The van der Waals surface area contributed by atoms with Crippen LogP contribution < -0.4 is 5.32 Å². The molecule has 3 aromatic rings. The Bertz CT molecular complexity index is 977. The first-order valence-corrected chi connectivity index (χ1v) is 7.60. The van der Waals surface area contributed by atoms with Gasteiger partial charge in [0.1, 0.15) is 11.5 Å². The van der Waals surface area contributed by atoms with Crippen LogP contribution in [0.5, 0.6) is 5.75 Å². The fourth-order valence-corrected chi connectivity index (χ4v) is 2.76. The monoisotopic (exact) mass is 314 g/mol. The second-order valence-corrected chi connectivity index (χ2v) is 5.53. The molecule has 4 nitrogen and oxygen atoms in total. The van der Waals surface area contributed by atoms with Crippen molar-refractivity contribution in [2.24, 2.45) is 4.99 Å². The summed E-state index contributed by atoms with van der Waals surface area (Å²) in [6.07, 6.45) is 0. The average Bonchev–Trinajstić information content (AvgIpc) is 2.59. The zero-order valence-electron chi connectivity index (χ0n) is 12.7. The zero-order valence-corrected chi connectivity index (χ0v) is 12.7. The number of carbonyl (C=O) groups excluding carboxylic acids is 1. The van der Waals surface area contributed by atoms with Crippen molar-refractivity contribution in [1.29, 1.82) is 0 Å². The number of fused-ring (bicyclic) bond motifs is 2. The summed E-state index contributed by atoms with van der Waals surface area (Å²) in [4.78, 5) is 17.6. The van der Waals surface area contributed by atoms with Gasteiger partial charge < -0.3 is 10.4 Å². The molecule has 116 valence electrons. The van der Waals surface area contributed by atoms with E-state index in [1.54, 1.807) is 30.3 Å². The first kappa shape index (κ1) is 14.2. The van der Waals surface area contributed by atoms with E-state index >= 15 is 0 Å². The Labute approximate surface area is 139 Å². The third kappa shape index (κ3) is 2.44. The van der Waals surface area contributed by atoms with Crippen LogP contribution >= 0.6 is 0 Å². The van der Waals surface area contributed by atoms with Gasteiger partial charge in [-0.1, -0.05) is 36.4 Å². The van der Waals surface area contributed by atoms with Crippen LogP contribution in [0.1, 0.15) is 15.9 Å². The number of anilines is 2. The Morgan fingerprint density at radius 1 is 0.833 bits per heavy atom. The summed E-state index contributed by atoms with van der Waals surface area (Å²) in [5.74, 6) is -0.0806. The second-order valence-electron chi connectivity index (χ2n) is 5.53. The largest absolute Gasteiger partial charge is 0.508 e. The fraction of sp³-hybridized carbons (Fsp3) is 0. The van der Waals surface area contributed by atoms with Gasteiger partial charge >= 0.3 is 0 Å². The third-order valence-electron chi connectivity index (χ3n) is 3.91. The molecule has 0 aliphatic carbocycles. The number of rotatable bonds is 1. The number of ketones is 1. The van der Waals surface area contributed by atoms with Gasteiger partial charge in [-0.25, -0.2) is 4.99 Å². The number of phenols is 1. The van der Waals surface area contributed by atoms with E-state index in [0.717, 1.165) is 11.4 Å². The highest BCUT2D eigenvalue weighted by atomic mass is 16.3. The molecule has 0 saturated heterocycles. The molecule has 0 spiro atoms. The van der Waals surface area contributed by atoms with Crippen molar-refractivity contribution in [3.05, 3.63) is 83.9 Å². The minimum atomic E-state index is -0.182. The van der Waals surface area contributed by atoms with Crippen LogP contribution in [0.3, 0.4) is 0 Å². The Morgan fingerprint density at radius 2 is 1.58 bits per heavy atom. The zero-order chi connectivity index (χ0) is 16.5. The first-order chi connectivity index (χ1) is 11.7. The first-order valence-electron chi connectivity index (χ1n) is 7.60. The van der Waals surface area contributed by atoms with Gasteiger partial charge in [-0.2, -0.15) is 0 Å². The molecule has 0 fully saturated rings. The summed E-state index contributed by atoms with van der Waals surface area (Å²) in [5.41, 5.74) is 3.70. The van der Waals surface area contributed by atoms with Gasteiger partial charge in [-0.3, -0.25) is 4.79 Å². The normalized spacial score (nSPS) is 13.0. The minimum Gasteiger partial charge on any atom is -0.508 e. The van der Waals surface area contributed by atoms with Crippen LogP contribution in [-0.4, -0.2) is 16.6 Å². The van der Waals surface area contributed by atoms with E-state index in [1.807, 2.05) is 42.5 Å². The maximum atomic E-state index is 13.1. The van der Waals surface area contributed by atoms with E-state index in [-0.39, 0.29) is 11.5 Å². The molecule has 0 amide bonds. The minimum absolute atomic E-state index is 0.102. The molecule has 2 N–H and O–H groups in total. The molecule has 1 aliphatic heterocycles. The van der Waals surface area contributed by atoms with Crippen LogP contribution in [0.25, 0.3) is 0 Å². The van der Waals surface area contributed by atoms with Gasteiger partial charge in [0.15, 0.2) is 0 Å². The Kier molecular flexibility index (Phi) is 3.35. The number of aromatic hydroxyl groups is 1. The van der Waals surface area contributed by atoms with Gasteiger partial charge in [0, 0.05) is 16.8 Å². The molecule has 0 atom stereocenters. The van der Waals surface area contributed by atoms with Crippen molar-refractivity contribution in [3.63, 3.8) is 0 Å². The summed E-state index contributed by atoms with van der Waals surface area (Å²) in [5, 5.41) is 13.0. The number of aliphatic imine (C=N–C) groups is 1. The van der Waals surface area contributed by atoms with Gasteiger partial charge in [0.05, 0.1) is 11.4 Å². The highest BCUT2D eigenvalue weighted by Gasteiger charge is 2.22. The fourth-order valence-electron chi connectivity index (χ4n) is 2.76. The lowest BCUT2D eigenvalue weighted by atomic mass is 9.97. The summed E-state index contributed by atoms with van der Waals surface area (Å²) in [6, 6.07) is 21.5. The Morgan fingerprint density at radius 3 is 2.42 bits per heavy atom. The SMILES string of the molecule is O=C1C(c2cccc(O)c2)=Nc2ccccc2Nc2ccccc21. The topological polar surface area (TPSA) is 61.7 Å². The highest BCUT2D eigenvalue weighted by Crippen LogP contribution is 2.33. The molecule has 0 radical (unpaired) electrons. The van der Waals surface area contributed by atoms with Crippen molar-refractivity contribution in [1.82, 2.24) is 0 Å². The number of hydrogen-bond donors (Lipinski definition) is 2. The molecule has 1 heterocycles. The molecular weight excluding hydrogens is 300 g/mol. The van der Waals surface area contributed by atoms with Crippen molar-refractivity contribution in [2.75, 3.05) is 5.32 Å². The number of para-hydroxylation sites is 3. The summed E-state index contributed by atoms with van der Waals surface area (Å²) < 4.78 is 0. The maximum Gasteiger partial charge on any atom is 0.214 e. The molecular formula is C20H14N2O2. The molecule has 4 heteroatoms. The smallest absolute Gasteiger partial charge is 0.214 e.